The molecule has 0 bridgehead atoms. The molecule has 0 radical (unpaired) electrons. The van der Waals surface area contributed by atoms with E-state index >= 15 is 0 Å². The predicted octanol–water partition coefficient (Wildman–Crippen LogP) is 5.96. The average Bonchev–Trinajstić information content (AvgIpc) is 2.87. The summed E-state index contributed by atoms with van der Waals surface area (Å²) >= 11 is 0. The first kappa shape index (κ1) is 22.2. The maximum atomic E-state index is 12.8. The minimum atomic E-state index is -1.92. The molecule has 0 unspecified atom stereocenters. The zero-order valence-electron chi connectivity index (χ0n) is 18.2. The molecule has 0 amide bonds. The van der Waals surface area contributed by atoms with Crippen LogP contribution in [0.25, 0.3) is 0 Å². The van der Waals surface area contributed by atoms with E-state index < -0.39 is 13.9 Å². The van der Waals surface area contributed by atoms with Crippen molar-refractivity contribution in [2.24, 2.45) is 0 Å². The Bertz CT molecular complexity index is 1040. The lowest BCUT2D eigenvalue weighted by atomic mass is 10.1. The summed E-state index contributed by atoms with van der Waals surface area (Å²) < 4.78 is 18.4. The quantitative estimate of drug-likeness (QED) is 0.275. The van der Waals surface area contributed by atoms with Gasteiger partial charge in [-0.05, 0) is 54.8 Å². The lowest BCUT2D eigenvalue weighted by molar-refractivity contribution is 0.273. The van der Waals surface area contributed by atoms with Gasteiger partial charge in [0.25, 0.3) is 0 Å². The summed E-state index contributed by atoms with van der Waals surface area (Å²) in [5.41, 5.74) is 1.37. The van der Waals surface area contributed by atoms with Crippen LogP contribution in [0.1, 0.15) is 12.0 Å². The smallest absolute Gasteiger partial charge is 0.123 e. The largest absolute Gasteiger partial charge is 0.491 e. The summed E-state index contributed by atoms with van der Waals surface area (Å²) in [6.45, 7) is -0.404. The molecule has 0 saturated heterocycles. The van der Waals surface area contributed by atoms with E-state index in [1.54, 1.807) is 0 Å². The first-order valence-corrected chi connectivity index (χ1v) is 13.1. The molecule has 32 heavy (non-hydrogen) atoms. The molecule has 4 aromatic carbocycles. The van der Waals surface area contributed by atoms with Crippen LogP contribution in [0.5, 0.6) is 5.75 Å². The van der Waals surface area contributed by atoms with Crippen LogP contribution in [-0.4, -0.2) is 19.4 Å². The highest BCUT2D eigenvalue weighted by molar-refractivity contribution is 7.95. The Morgan fingerprint density at radius 2 is 1.19 bits per heavy atom. The lowest BCUT2D eigenvalue weighted by Crippen LogP contribution is -2.33. The van der Waals surface area contributed by atoms with Gasteiger partial charge in [0.1, 0.15) is 42.2 Å². The fraction of sp³-hybridized carbons (Fsp3) is 0.172. The van der Waals surface area contributed by atoms with Crippen molar-refractivity contribution in [2.75, 3.05) is 19.4 Å². The molecule has 0 spiro atoms. The van der Waals surface area contributed by atoms with Gasteiger partial charge < -0.3 is 4.74 Å². The molecule has 162 valence electrons. The van der Waals surface area contributed by atoms with Gasteiger partial charge in [0.15, 0.2) is 0 Å². The van der Waals surface area contributed by atoms with E-state index in [0.29, 0.717) is 0 Å². The third kappa shape index (κ3) is 5.09. The highest BCUT2D eigenvalue weighted by Gasteiger charge is 2.44. The minimum Gasteiger partial charge on any atom is -0.491 e. The van der Waals surface area contributed by atoms with Crippen molar-refractivity contribution in [3.05, 3.63) is 121 Å². The number of hydrogen-bond donors (Lipinski definition) is 0. The average molecular weight is 443 g/mol. The van der Waals surface area contributed by atoms with Gasteiger partial charge in [-0.25, -0.2) is 4.39 Å². The second kappa shape index (κ2) is 11.1. The summed E-state index contributed by atoms with van der Waals surface area (Å²) in [6.07, 6.45) is 3.18. The molecule has 1 nitrogen and oxygen atoms in total. The first-order chi connectivity index (χ1) is 15.8. The van der Waals surface area contributed by atoms with Crippen LogP contribution in [0.4, 0.5) is 4.39 Å². The van der Waals surface area contributed by atoms with Crippen LogP contribution < -0.4 is 20.7 Å². The van der Waals surface area contributed by atoms with Crippen LogP contribution in [0.15, 0.2) is 115 Å². The van der Waals surface area contributed by atoms with Crippen molar-refractivity contribution >= 4 is 23.2 Å². The second-order valence-corrected chi connectivity index (χ2v) is 11.4. The standard InChI is InChI=1S/C29H29FOP/c30-21-22-31-26-15-10-20-29(24-26)32(27-16-6-2-7-17-27,28-18-8-3-9-19-28)23-11-14-25-12-4-1-5-13-25/h1-10,12-13,15-20,24H,11,14,21-23H2/q+1/i30-1. The van der Waals surface area contributed by atoms with E-state index in [0.717, 1.165) is 24.8 Å². The van der Waals surface area contributed by atoms with Crippen LogP contribution >= 0.6 is 7.26 Å². The Hall–Kier alpha value is -2.96. The van der Waals surface area contributed by atoms with Gasteiger partial charge in [-0.3, -0.25) is 0 Å². The second-order valence-electron chi connectivity index (χ2n) is 7.83. The molecule has 0 atom stereocenters. The molecule has 0 aliphatic rings. The Morgan fingerprint density at radius 1 is 0.625 bits per heavy atom. The summed E-state index contributed by atoms with van der Waals surface area (Å²) in [7, 11) is -1.92. The van der Waals surface area contributed by atoms with E-state index in [2.05, 4.69) is 103 Å². The Labute approximate surface area is 191 Å². The number of alkyl halides is 1. The molecular formula is C29H29FOP+. The van der Waals surface area contributed by atoms with Gasteiger partial charge in [-0.2, -0.15) is 0 Å². The van der Waals surface area contributed by atoms with E-state index in [1.807, 2.05) is 12.1 Å². The molecule has 0 N–H and O–H groups in total. The third-order valence-electron chi connectivity index (χ3n) is 5.80. The monoisotopic (exact) mass is 442 g/mol. The maximum Gasteiger partial charge on any atom is 0.123 e. The molecule has 0 aromatic heterocycles. The van der Waals surface area contributed by atoms with E-state index in [9.17, 15) is 4.39 Å². The number of hydrogen-bond acceptors (Lipinski definition) is 1. The molecule has 3 heteroatoms. The molecular weight excluding hydrogens is 413 g/mol. The van der Waals surface area contributed by atoms with Gasteiger partial charge in [0, 0.05) is 6.07 Å². The SMILES string of the molecule is [18F]CCOc1cccc([P+](CCCc2ccccc2)(c2ccccc2)c2ccccc2)c1. The van der Waals surface area contributed by atoms with E-state index in [1.165, 1.54) is 21.5 Å². The fourth-order valence-corrected chi connectivity index (χ4v) is 8.68. The summed E-state index contributed by atoms with van der Waals surface area (Å²) in [5.74, 6) is 0.736. The molecule has 0 aliphatic carbocycles. The molecule has 0 fully saturated rings. The Balaban J connectivity index is 1.80. The van der Waals surface area contributed by atoms with Crippen LogP contribution in [0, 0.1) is 0 Å². The fourth-order valence-electron chi connectivity index (χ4n) is 4.33. The molecule has 4 aromatic rings. The van der Waals surface area contributed by atoms with Gasteiger partial charge in [0.05, 0.1) is 6.16 Å². The predicted molar refractivity (Wildman–Crippen MR) is 136 cm³/mol. The van der Waals surface area contributed by atoms with Crippen LogP contribution in [0.2, 0.25) is 0 Å². The molecule has 0 saturated carbocycles. The van der Waals surface area contributed by atoms with Gasteiger partial charge in [0.2, 0.25) is 0 Å². The zero-order chi connectivity index (χ0) is 22.1. The zero-order valence-corrected chi connectivity index (χ0v) is 19.1. The topological polar surface area (TPSA) is 9.23 Å². The number of aryl methyl sites for hydroxylation is 1. The summed E-state index contributed by atoms with van der Waals surface area (Å²) in [6, 6.07) is 40.7. The highest BCUT2D eigenvalue weighted by atomic mass is 31.2. The van der Waals surface area contributed by atoms with Crippen molar-refractivity contribution in [3.63, 3.8) is 0 Å². The van der Waals surface area contributed by atoms with Crippen LogP contribution in [-0.2, 0) is 6.42 Å². The minimum absolute atomic E-state index is 0.0829. The molecule has 0 heterocycles. The van der Waals surface area contributed by atoms with Gasteiger partial charge in [-0.15, -0.1) is 0 Å². The van der Waals surface area contributed by atoms with Crippen LogP contribution in [0.3, 0.4) is 0 Å². The van der Waals surface area contributed by atoms with E-state index in [4.69, 9.17) is 4.74 Å². The Kier molecular flexibility index (Phi) is 7.69. The highest BCUT2D eigenvalue weighted by Crippen LogP contribution is 2.56. The third-order valence-corrected chi connectivity index (χ3v) is 10.3. The Morgan fingerprint density at radius 3 is 1.78 bits per heavy atom. The lowest BCUT2D eigenvalue weighted by Gasteiger charge is -2.28. The van der Waals surface area contributed by atoms with Gasteiger partial charge >= 0.3 is 0 Å². The van der Waals surface area contributed by atoms with E-state index in [-0.39, 0.29) is 6.61 Å². The number of halogens is 1. The first-order valence-electron chi connectivity index (χ1n) is 11.2. The summed E-state index contributed by atoms with van der Waals surface area (Å²) in [5, 5.41) is 4.00. The number of rotatable bonds is 10. The van der Waals surface area contributed by atoms with Crippen molar-refractivity contribution < 1.29 is 9.13 Å². The normalized spacial score (nSPS) is 11.3. The number of ether oxygens (including phenoxy) is 1. The van der Waals surface area contributed by atoms with Crippen molar-refractivity contribution in [2.45, 2.75) is 12.8 Å². The maximum absolute atomic E-state index is 12.8. The van der Waals surface area contributed by atoms with Crippen molar-refractivity contribution in [1.29, 1.82) is 0 Å². The van der Waals surface area contributed by atoms with Crippen molar-refractivity contribution in [1.82, 2.24) is 0 Å². The molecule has 0 aliphatic heterocycles. The van der Waals surface area contributed by atoms with Crippen molar-refractivity contribution in [3.8, 4) is 5.75 Å². The molecule has 4 rings (SSSR count). The number of benzene rings is 4. The van der Waals surface area contributed by atoms with Gasteiger partial charge in [-0.1, -0.05) is 72.8 Å². The summed E-state index contributed by atoms with van der Waals surface area (Å²) in [4.78, 5) is 0.